The highest BCUT2D eigenvalue weighted by molar-refractivity contribution is 7.92. The number of anilines is 1. The molecule has 0 atom stereocenters. The van der Waals surface area contributed by atoms with Gasteiger partial charge in [0.2, 0.25) is 0 Å². The standard InChI is InChI=1S/C19H16FNO3S/c1-24-18-11-10-15(14-6-5-7-16(20)12-14)13-19(18)25(22,23)21-17-8-3-2-4-9-17/h2-13,21H,1H3. The average molecular weight is 357 g/mol. The molecule has 0 aromatic heterocycles. The van der Waals surface area contributed by atoms with Gasteiger partial charge < -0.3 is 4.74 Å². The SMILES string of the molecule is COc1ccc(-c2cccc(F)c2)cc1S(=O)(=O)Nc1ccccc1. The minimum absolute atomic E-state index is 0.0133. The van der Waals surface area contributed by atoms with Crippen LogP contribution in [-0.4, -0.2) is 15.5 Å². The zero-order valence-electron chi connectivity index (χ0n) is 13.4. The highest BCUT2D eigenvalue weighted by atomic mass is 32.2. The number of ether oxygens (including phenoxy) is 1. The fraction of sp³-hybridized carbons (Fsp3) is 0.0526. The molecule has 6 heteroatoms. The number of sulfonamides is 1. The Morgan fingerprint density at radius 1 is 0.880 bits per heavy atom. The lowest BCUT2D eigenvalue weighted by Gasteiger charge is -2.13. The molecule has 128 valence electrons. The summed E-state index contributed by atoms with van der Waals surface area (Å²) in [4.78, 5) is -0.0133. The molecule has 0 spiro atoms. The van der Waals surface area contributed by atoms with E-state index in [0.29, 0.717) is 16.8 Å². The molecule has 3 aromatic carbocycles. The Hall–Kier alpha value is -2.86. The third kappa shape index (κ3) is 3.80. The van der Waals surface area contributed by atoms with Gasteiger partial charge in [0, 0.05) is 5.69 Å². The predicted octanol–water partition coefficient (Wildman–Crippen LogP) is 4.30. The van der Waals surface area contributed by atoms with Crippen molar-refractivity contribution < 1.29 is 17.5 Å². The minimum atomic E-state index is -3.87. The van der Waals surface area contributed by atoms with Gasteiger partial charge >= 0.3 is 0 Å². The van der Waals surface area contributed by atoms with Crippen molar-refractivity contribution in [3.05, 3.63) is 78.6 Å². The van der Waals surface area contributed by atoms with Crippen molar-refractivity contribution in [2.24, 2.45) is 0 Å². The molecule has 0 fully saturated rings. The third-order valence-electron chi connectivity index (χ3n) is 3.64. The van der Waals surface area contributed by atoms with Crippen molar-refractivity contribution in [2.45, 2.75) is 4.90 Å². The lowest BCUT2D eigenvalue weighted by atomic mass is 10.1. The molecule has 3 aromatic rings. The summed E-state index contributed by atoms with van der Waals surface area (Å²) in [5.41, 5.74) is 1.60. The molecule has 0 aliphatic carbocycles. The van der Waals surface area contributed by atoms with Crippen LogP contribution in [0.1, 0.15) is 0 Å². The lowest BCUT2D eigenvalue weighted by molar-refractivity contribution is 0.403. The Morgan fingerprint density at radius 3 is 2.28 bits per heavy atom. The second-order valence-corrected chi connectivity index (χ2v) is 7.00. The van der Waals surface area contributed by atoms with Crippen LogP contribution >= 0.6 is 0 Å². The van der Waals surface area contributed by atoms with E-state index in [-0.39, 0.29) is 16.5 Å². The van der Waals surface area contributed by atoms with E-state index in [1.165, 1.54) is 25.3 Å². The first-order valence-electron chi connectivity index (χ1n) is 7.51. The van der Waals surface area contributed by atoms with Gasteiger partial charge in [0.25, 0.3) is 10.0 Å². The molecule has 25 heavy (non-hydrogen) atoms. The largest absolute Gasteiger partial charge is 0.495 e. The van der Waals surface area contributed by atoms with Crippen molar-refractivity contribution >= 4 is 15.7 Å². The van der Waals surface area contributed by atoms with Gasteiger partial charge in [0.1, 0.15) is 16.5 Å². The third-order valence-corrected chi connectivity index (χ3v) is 5.04. The Kier molecular flexibility index (Phi) is 4.72. The fourth-order valence-corrected chi connectivity index (χ4v) is 3.71. The van der Waals surface area contributed by atoms with E-state index in [2.05, 4.69) is 4.72 Å². The van der Waals surface area contributed by atoms with Crippen LogP contribution in [0.15, 0.2) is 77.7 Å². The molecule has 0 heterocycles. The van der Waals surface area contributed by atoms with Crippen LogP contribution in [0, 0.1) is 5.82 Å². The van der Waals surface area contributed by atoms with Crippen LogP contribution in [0.25, 0.3) is 11.1 Å². The topological polar surface area (TPSA) is 55.4 Å². The molecule has 4 nitrogen and oxygen atoms in total. The van der Waals surface area contributed by atoms with Gasteiger partial charge in [-0.1, -0.05) is 36.4 Å². The molecular weight excluding hydrogens is 341 g/mol. The number of halogens is 1. The lowest BCUT2D eigenvalue weighted by Crippen LogP contribution is -2.14. The van der Waals surface area contributed by atoms with E-state index in [4.69, 9.17) is 4.74 Å². The summed E-state index contributed by atoms with van der Waals surface area (Å²) in [5.74, 6) is -0.177. The smallest absolute Gasteiger partial charge is 0.265 e. The summed E-state index contributed by atoms with van der Waals surface area (Å²) < 4.78 is 46.7. The van der Waals surface area contributed by atoms with Crippen LogP contribution in [0.4, 0.5) is 10.1 Å². The molecular formula is C19H16FNO3S. The van der Waals surface area contributed by atoms with E-state index in [0.717, 1.165) is 0 Å². The summed E-state index contributed by atoms with van der Waals surface area (Å²) in [6.45, 7) is 0. The molecule has 0 amide bonds. The molecule has 0 aliphatic rings. The number of methoxy groups -OCH3 is 1. The quantitative estimate of drug-likeness (QED) is 0.741. The maximum atomic E-state index is 13.5. The first kappa shape index (κ1) is 17.0. The van der Waals surface area contributed by atoms with Gasteiger partial charge in [-0.2, -0.15) is 0 Å². The normalized spacial score (nSPS) is 11.1. The number of rotatable bonds is 5. The van der Waals surface area contributed by atoms with Crippen molar-refractivity contribution in [3.8, 4) is 16.9 Å². The van der Waals surface area contributed by atoms with Crippen LogP contribution in [0.3, 0.4) is 0 Å². The van der Waals surface area contributed by atoms with Gasteiger partial charge in [0.15, 0.2) is 0 Å². The molecule has 0 radical (unpaired) electrons. The van der Waals surface area contributed by atoms with Gasteiger partial charge in [0.05, 0.1) is 7.11 Å². The van der Waals surface area contributed by atoms with Crippen LogP contribution in [-0.2, 0) is 10.0 Å². The first-order chi connectivity index (χ1) is 12.0. The van der Waals surface area contributed by atoms with E-state index < -0.39 is 10.0 Å². The number of benzene rings is 3. The van der Waals surface area contributed by atoms with Gasteiger partial charge in [-0.25, -0.2) is 12.8 Å². The molecule has 0 unspecified atom stereocenters. The zero-order valence-corrected chi connectivity index (χ0v) is 14.3. The van der Waals surface area contributed by atoms with E-state index in [1.807, 2.05) is 0 Å². The molecule has 3 rings (SSSR count). The maximum absolute atomic E-state index is 13.5. The first-order valence-corrected chi connectivity index (χ1v) is 9.00. The van der Waals surface area contributed by atoms with Gasteiger partial charge in [-0.05, 0) is 47.5 Å². The Morgan fingerprint density at radius 2 is 1.60 bits per heavy atom. The van der Waals surface area contributed by atoms with E-state index >= 15 is 0 Å². The summed E-state index contributed by atoms with van der Waals surface area (Å²) >= 11 is 0. The minimum Gasteiger partial charge on any atom is -0.495 e. The van der Waals surface area contributed by atoms with Gasteiger partial charge in [-0.15, -0.1) is 0 Å². The molecule has 1 N–H and O–H groups in total. The van der Waals surface area contributed by atoms with Crippen molar-refractivity contribution in [3.63, 3.8) is 0 Å². The van der Waals surface area contributed by atoms with Crippen molar-refractivity contribution in [2.75, 3.05) is 11.8 Å². The highest BCUT2D eigenvalue weighted by Gasteiger charge is 2.20. The van der Waals surface area contributed by atoms with Gasteiger partial charge in [-0.3, -0.25) is 4.72 Å². The van der Waals surface area contributed by atoms with E-state index in [1.54, 1.807) is 54.6 Å². The molecule has 0 aliphatic heterocycles. The predicted molar refractivity (Wildman–Crippen MR) is 95.6 cm³/mol. The van der Waals surface area contributed by atoms with E-state index in [9.17, 15) is 12.8 Å². The van der Waals surface area contributed by atoms with Crippen molar-refractivity contribution in [1.29, 1.82) is 0 Å². The number of nitrogens with one attached hydrogen (secondary N) is 1. The summed E-state index contributed by atoms with van der Waals surface area (Å²) in [5, 5.41) is 0. The average Bonchev–Trinajstić information content (AvgIpc) is 2.61. The zero-order chi connectivity index (χ0) is 17.9. The highest BCUT2D eigenvalue weighted by Crippen LogP contribution is 2.31. The summed E-state index contributed by atoms with van der Waals surface area (Å²) in [7, 11) is -2.46. The number of hydrogen-bond acceptors (Lipinski definition) is 3. The second-order valence-electron chi connectivity index (χ2n) is 5.35. The second kappa shape index (κ2) is 6.94. The molecule has 0 saturated heterocycles. The number of hydrogen-bond donors (Lipinski definition) is 1. The maximum Gasteiger partial charge on any atom is 0.265 e. The molecule has 0 saturated carbocycles. The monoisotopic (exact) mass is 357 g/mol. The molecule has 0 bridgehead atoms. The number of para-hydroxylation sites is 1. The summed E-state index contributed by atoms with van der Waals surface area (Å²) in [6.07, 6.45) is 0. The van der Waals surface area contributed by atoms with Crippen LogP contribution in [0.5, 0.6) is 5.75 Å². The van der Waals surface area contributed by atoms with Crippen molar-refractivity contribution in [1.82, 2.24) is 0 Å². The summed E-state index contributed by atoms with van der Waals surface area (Å²) in [6, 6.07) is 19.3. The Bertz CT molecular complexity index is 989. The Balaban J connectivity index is 2.06. The fourth-order valence-electron chi connectivity index (χ4n) is 2.45. The van der Waals surface area contributed by atoms with Crippen LogP contribution in [0.2, 0.25) is 0 Å². The van der Waals surface area contributed by atoms with Crippen LogP contribution < -0.4 is 9.46 Å². The Labute approximate surface area is 146 Å².